The van der Waals surface area contributed by atoms with Crippen LogP contribution in [0.25, 0.3) is 0 Å². The molecule has 0 radical (unpaired) electrons. The monoisotopic (exact) mass is 353 g/mol. The van der Waals surface area contributed by atoms with E-state index in [1.165, 1.54) is 12.0 Å². The highest BCUT2D eigenvalue weighted by Gasteiger charge is 2.06. The molecule has 0 unspecified atom stereocenters. The van der Waals surface area contributed by atoms with Gasteiger partial charge in [0.2, 0.25) is 0 Å². The first-order valence-corrected chi connectivity index (χ1v) is 8.76. The predicted octanol–water partition coefficient (Wildman–Crippen LogP) is 5.42. The highest BCUT2D eigenvalue weighted by atomic mass is 35.5. The zero-order chi connectivity index (χ0) is 17.7. The van der Waals surface area contributed by atoms with Crippen LogP contribution in [0.2, 0.25) is 0 Å². The SMILES string of the molecule is CS/C=C/C=C\C(C(=O)Cl)=C(/C)COC=N/C(C)=C\C=C(C)C. The quantitative estimate of drug-likeness (QED) is 0.183. The summed E-state index contributed by atoms with van der Waals surface area (Å²) in [5, 5.41) is 1.41. The van der Waals surface area contributed by atoms with Crippen LogP contribution in [0.3, 0.4) is 0 Å². The number of aliphatic imine (C=N–C) groups is 1. The Kier molecular flexibility index (Phi) is 12.1. The molecule has 5 heteroatoms. The van der Waals surface area contributed by atoms with E-state index in [0.29, 0.717) is 5.57 Å². The van der Waals surface area contributed by atoms with Crippen LogP contribution in [0.5, 0.6) is 0 Å². The summed E-state index contributed by atoms with van der Waals surface area (Å²) in [6, 6.07) is 0. The highest BCUT2D eigenvalue weighted by Crippen LogP contribution is 2.11. The van der Waals surface area contributed by atoms with Crippen LogP contribution in [0.4, 0.5) is 0 Å². The van der Waals surface area contributed by atoms with E-state index in [-0.39, 0.29) is 6.61 Å². The lowest BCUT2D eigenvalue weighted by atomic mass is 10.1. The molecule has 0 saturated carbocycles. The van der Waals surface area contributed by atoms with E-state index >= 15 is 0 Å². The molecule has 0 aromatic rings. The molecular weight excluding hydrogens is 330 g/mol. The van der Waals surface area contributed by atoms with Crippen LogP contribution in [0.1, 0.15) is 27.7 Å². The van der Waals surface area contributed by atoms with Gasteiger partial charge in [-0.2, -0.15) is 0 Å². The van der Waals surface area contributed by atoms with Gasteiger partial charge in [-0.25, -0.2) is 4.99 Å². The van der Waals surface area contributed by atoms with Gasteiger partial charge in [0.15, 0.2) is 6.40 Å². The summed E-state index contributed by atoms with van der Waals surface area (Å²) in [5.41, 5.74) is 3.22. The molecule has 0 spiro atoms. The number of carbonyl (C=O) groups is 1. The summed E-state index contributed by atoms with van der Waals surface area (Å²) >= 11 is 7.18. The van der Waals surface area contributed by atoms with Gasteiger partial charge in [0.05, 0.1) is 0 Å². The van der Waals surface area contributed by atoms with Crippen molar-refractivity contribution >= 4 is 35.0 Å². The molecule has 126 valence electrons. The summed E-state index contributed by atoms with van der Waals surface area (Å²) in [5.74, 6) is 0. The number of hydrogen-bond donors (Lipinski definition) is 0. The molecule has 0 fully saturated rings. The third-order valence-electron chi connectivity index (χ3n) is 2.55. The van der Waals surface area contributed by atoms with Gasteiger partial charge in [0.1, 0.15) is 6.61 Å². The van der Waals surface area contributed by atoms with Crippen molar-refractivity contribution in [2.45, 2.75) is 27.7 Å². The molecule has 3 nitrogen and oxygen atoms in total. The van der Waals surface area contributed by atoms with Gasteiger partial charge in [0, 0.05) is 11.3 Å². The molecule has 23 heavy (non-hydrogen) atoms. The molecule has 0 aromatic carbocycles. The minimum absolute atomic E-state index is 0.254. The molecule has 0 bridgehead atoms. The summed E-state index contributed by atoms with van der Waals surface area (Å²) in [7, 11) is 0. The molecule has 0 aliphatic rings. The van der Waals surface area contributed by atoms with Crippen molar-refractivity contribution in [3.8, 4) is 0 Å². The number of rotatable bonds is 9. The van der Waals surface area contributed by atoms with E-state index in [2.05, 4.69) is 4.99 Å². The van der Waals surface area contributed by atoms with E-state index in [9.17, 15) is 4.79 Å². The van der Waals surface area contributed by atoms with Crippen LogP contribution < -0.4 is 0 Å². The third kappa shape index (κ3) is 11.7. The maximum Gasteiger partial charge on any atom is 0.252 e. The maximum atomic E-state index is 11.5. The number of allylic oxidation sites excluding steroid dienone is 8. The summed E-state index contributed by atoms with van der Waals surface area (Å²) in [6.07, 6.45) is 12.5. The Morgan fingerprint density at radius 3 is 2.43 bits per heavy atom. The van der Waals surface area contributed by atoms with Gasteiger partial charge in [-0.1, -0.05) is 29.9 Å². The van der Waals surface area contributed by atoms with Crippen molar-refractivity contribution < 1.29 is 9.53 Å². The lowest BCUT2D eigenvalue weighted by Gasteiger charge is -2.04. The fourth-order valence-corrected chi connectivity index (χ4v) is 1.81. The van der Waals surface area contributed by atoms with Crippen molar-refractivity contribution in [3.05, 3.63) is 58.2 Å². The number of nitrogens with zero attached hydrogens (tertiary/aromatic N) is 1. The average molecular weight is 354 g/mol. The zero-order valence-corrected chi connectivity index (χ0v) is 15.9. The van der Waals surface area contributed by atoms with Crippen molar-refractivity contribution in [1.82, 2.24) is 0 Å². The van der Waals surface area contributed by atoms with Crippen molar-refractivity contribution in [3.63, 3.8) is 0 Å². The van der Waals surface area contributed by atoms with Crippen LogP contribution in [-0.4, -0.2) is 24.5 Å². The Balaban J connectivity index is 4.74. The van der Waals surface area contributed by atoms with Gasteiger partial charge in [-0.15, -0.1) is 11.8 Å². The molecule has 0 heterocycles. The minimum atomic E-state index is -0.503. The van der Waals surface area contributed by atoms with Crippen LogP contribution in [-0.2, 0) is 9.53 Å². The number of ether oxygens (including phenoxy) is 1. The fraction of sp³-hybridized carbons (Fsp3) is 0.333. The number of hydrogen-bond acceptors (Lipinski definition) is 4. The van der Waals surface area contributed by atoms with Crippen LogP contribution >= 0.6 is 23.4 Å². The summed E-state index contributed by atoms with van der Waals surface area (Å²) in [6.45, 7) is 7.98. The Labute approximate surface area is 148 Å². The van der Waals surface area contributed by atoms with E-state index in [1.807, 2.05) is 50.7 Å². The largest absolute Gasteiger partial charge is 0.479 e. The van der Waals surface area contributed by atoms with E-state index in [0.717, 1.165) is 11.3 Å². The molecule has 0 amide bonds. The molecular formula is C18H24ClNO2S. The first-order valence-electron chi connectivity index (χ1n) is 7.10. The smallest absolute Gasteiger partial charge is 0.252 e. The predicted molar refractivity (Wildman–Crippen MR) is 103 cm³/mol. The molecule has 0 aliphatic carbocycles. The highest BCUT2D eigenvalue weighted by molar-refractivity contribution is 8.01. The second-order valence-electron chi connectivity index (χ2n) is 4.99. The van der Waals surface area contributed by atoms with E-state index in [4.69, 9.17) is 16.3 Å². The van der Waals surface area contributed by atoms with Crippen LogP contribution in [0, 0.1) is 0 Å². The van der Waals surface area contributed by atoms with Gasteiger partial charge in [-0.3, -0.25) is 4.79 Å². The Morgan fingerprint density at radius 2 is 1.87 bits per heavy atom. The molecule has 0 N–H and O–H groups in total. The zero-order valence-electron chi connectivity index (χ0n) is 14.3. The normalized spacial score (nSPS) is 13.7. The maximum absolute atomic E-state index is 11.5. The average Bonchev–Trinajstić information content (AvgIpc) is 2.48. The summed E-state index contributed by atoms with van der Waals surface area (Å²) < 4.78 is 5.35. The second-order valence-corrected chi connectivity index (χ2v) is 6.08. The van der Waals surface area contributed by atoms with E-state index in [1.54, 1.807) is 30.8 Å². The molecule has 0 saturated heterocycles. The fourth-order valence-electron chi connectivity index (χ4n) is 1.34. The molecule has 0 aromatic heterocycles. The van der Waals surface area contributed by atoms with E-state index < -0.39 is 5.24 Å². The summed E-state index contributed by atoms with van der Waals surface area (Å²) in [4.78, 5) is 15.6. The van der Waals surface area contributed by atoms with Crippen molar-refractivity contribution in [2.24, 2.45) is 4.99 Å². The van der Waals surface area contributed by atoms with Crippen LogP contribution in [0.15, 0.2) is 63.2 Å². The molecule has 0 aliphatic heterocycles. The molecule has 0 rings (SSSR count). The first kappa shape index (κ1) is 21.5. The lowest BCUT2D eigenvalue weighted by Crippen LogP contribution is -2.01. The van der Waals surface area contributed by atoms with Gasteiger partial charge in [-0.05, 0) is 62.6 Å². The second kappa shape index (κ2) is 13.0. The third-order valence-corrected chi connectivity index (χ3v) is 3.18. The van der Waals surface area contributed by atoms with Crippen molar-refractivity contribution in [2.75, 3.05) is 12.9 Å². The first-order chi connectivity index (χ1) is 10.9. The van der Waals surface area contributed by atoms with Gasteiger partial charge >= 0.3 is 0 Å². The Bertz CT molecular complexity index is 566. The number of halogens is 1. The lowest BCUT2D eigenvalue weighted by molar-refractivity contribution is -0.108. The number of thioether (sulfide) groups is 1. The Morgan fingerprint density at radius 1 is 1.17 bits per heavy atom. The van der Waals surface area contributed by atoms with Gasteiger partial charge in [0.25, 0.3) is 5.24 Å². The van der Waals surface area contributed by atoms with Gasteiger partial charge < -0.3 is 4.74 Å². The topological polar surface area (TPSA) is 38.7 Å². The minimum Gasteiger partial charge on any atom is -0.479 e. The standard InChI is InChI=1S/C18H24ClNO2S/c1-14(2)9-10-16(4)20-13-22-12-15(3)17(18(19)21)8-6-7-11-23-5/h6-11,13H,12H2,1-5H3/b8-6-,11-7+,16-10-,17-15-,20-13?. The number of carbonyl (C=O) groups excluding carboxylic acids is 1. The van der Waals surface area contributed by atoms with Crippen molar-refractivity contribution in [1.29, 1.82) is 0 Å². The molecule has 0 atom stereocenters. The Hall–Kier alpha value is -1.52.